The lowest BCUT2D eigenvalue weighted by atomic mass is 9.71. The van der Waals surface area contributed by atoms with Crippen LogP contribution in [0.4, 0.5) is 0 Å². The highest BCUT2D eigenvalue weighted by Crippen LogP contribution is 2.45. The van der Waals surface area contributed by atoms with Crippen LogP contribution in [0.25, 0.3) is 0 Å². The quantitative estimate of drug-likeness (QED) is 0.611. The molecule has 1 aliphatic heterocycles. The van der Waals surface area contributed by atoms with Gasteiger partial charge in [0.05, 0.1) is 12.2 Å². The molecule has 4 heteroatoms. The van der Waals surface area contributed by atoms with E-state index in [1.54, 1.807) is 0 Å². The molecule has 0 unspecified atom stereocenters. The normalized spacial score (nSPS) is 20.7. The predicted molar refractivity (Wildman–Crippen MR) is 126 cm³/mol. The van der Waals surface area contributed by atoms with E-state index in [2.05, 4.69) is 48.6 Å². The van der Waals surface area contributed by atoms with Crippen LogP contribution in [0.5, 0.6) is 0 Å². The van der Waals surface area contributed by atoms with Gasteiger partial charge in [0.1, 0.15) is 0 Å². The first-order valence-electron chi connectivity index (χ1n) is 11.6. The van der Waals surface area contributed by atoms with Crippen molar-refractivity contribution in [3.05, 3.63) is 93.8 Å². The van der Waals surface area contributed by atoms with Crippen molar-refractivity contribution in [2.24, 2.45) is 0 Å². The molecule has 0 amide bonds. The lowest BCUT2D eigenvalue weighted by Crippen LogP contribution is -2.36. The maximum absolute atomic E-state index is 13.5. The number of dihydropyridines is 1. The monoisotopic (exact) mass is 429 g/mol. The van der Waals surface area contributed by atoms with Crippen molar-refractivity contribution in [3.63, 3.8) is 0 Å². The van der Waals surface area contributed by atoms with Crippen molar-refractivity contribution in [1.29, 1.82) is 0 Å². The molecule has 0 aromatic heterocycles. The molecule has 0 spiro atoms. The number of ketones is 1. The summed E-state index contributed by atoms with van der Waals surface area (Å²) < 4.78 is 5.53. The van der Waals surface area contributed by atoms with Gasteiger partial charge in [-0.3, -0.25) is 4.79 Å². The Bertz CT molecular complexity index is 1060. The number of Topliss-reactive ketones (excluding diaryl/α,β-unsaturated/α-hetero) is 1. The minimum atomic E-state index is -0.397. The van der Waals surface area contributed by atoms with E-state index in [1.165, 1.54) is 11.1 Å². The Morgan fingerprint density at radius 1 is 1.00 bits per heavy atom. The van der Waals surface area contributed by atoms with Crippen LogP contribution in [0.3, 0.4) is 0 Å². The second-order valence-electron chi connectivity index (χ2n) is 8.66. The maximum atomic E-state index is 13.5. The average molecular weight is 430 g/mol. The molecule has 2 aromatic rings. The highest BCUT2D eigenvalue weighted by molar-refractivity contribution is 6.04. The Morgan fingerprint density at radius 2 is 1.72 bits per heavy atom. The van der Waals surface area contributed by atoms with Gasteiger partial charge in [0.2, 0.25) is 0 Å². The fourth-order valence-electron chi connectivity index (χ4n) is 4.82. The zero-order valence-electron chi connectivity index (χ0n) is 19.1. The molecule has 2 aromatic carbocycles. The molecule has 1 N–H and O–H groups in total. The van der Waals surface area contributed by atoms with Crippen LogP contribution in [0.2, 0.25) is 0 Å². The smallest absolute Gasteiger partial charge is 0.336 e. The number of hydrogen-bond acceptors (Lipinski definition) is 4. The van der Waals surface area contributed by atoms with Crippen LogP contribution < -0.4 is 5.32 Å². The topological polar surface area (TPSA) is 55.4 Å². The minimum absolute atomic E-state index is 0.102. The van der Waals surface area contributed by atoms with Gasteiger partial charge in [0.15, 0.2) is 5.78 Å². The van der Waals surface area contributed by atoms with Gasteiger partial charge in [-0.15, -0.1) is 0 Å². The lowest BCUT2D eigenvalue weighted by molar-refractivity contribution is -0.139. The van der Waals surface area contributed by atoms with Gasteiger partial charge < -0.3 is 10.1 Å². The molecular weight excluding hydrogens is 398 g/mol. The van der Waals surface area contributed by atoms with Gasteiger partial charge in [0.25, 0.3) is 0 Å². The Labute approximate surface area is 190 Å². The van der Waals surface area contributed by atoms with E-state index in [0.717, 1.165) is 41.8 Å². The summed E-state index contributed by atoms with van der Waals surface area (Å²) in [7, 11) is 0. The van der Waals surface area contributed by atoms with Crippen molar-refractivity contribution in [2.45, 2.75) is 58.3 Å². The molecule has 1 aliphatic carbocycles. The molecule has 2 aliphatic rings. The number of carbonyl (C=O) groups is 2. The summed E-state index contributed by atoms with van der Waals surface area (Å²) in [5, 5.41) is 3.42. The molecule has 0 radical (unpaired) electrons. The molecule has 2 atom stereocenters. The van der Waals surface area contributed by atoms with Crippen molar-refractivity contribution in [1.82, 2.24) is 5.32 Å². The van der Waals surface area contributed by atoms with Gasteiger partial charge in [-0.05, 0) is 48.8 Å². The largest absolute Gasteiger partial charge is 0.462 e. The molecule has 32 heavy (non-hydrogen) atoms. The highest BCUT2D eigenvalue weighted by atomic mass is 16.5. The summed E-state index contributed by atoms with van der Waals surface area (Å²) in [6, 6.07) is 18.5. The van der Waals surface area contributed by atoms with E-state index in [-0.39, 0.29) is 17.7 Å². The van der Waals surface area contributed by atoms with E-state index in [1.807, 2.05) is 32.0 Å². The van der Waals surface area contributed by atoms with E-state index in [4.69, 9.17) is 4.74 Å². The van der Waals surface area contributed by atoms with Gasteiger partial charge >= 0.3 is 5.97 Å². The number of ether oxygens (including phenoxy) is 1. The van der Waals surface area contributed by atoms with Gasteiger partial charge in [-0.25, -0.2) is 4.79 Å². The molecule has 0 bridgehead atoms. The molecule has 4 nitrogen and oxygen atoms in total. The second-order valence-corrected chi connectivity index (χ2v) is 8.66. The third-order valence-corrected chi connectivity index (χ3v) is 6.48. The fraction of sp³-hybridized carbons (Fsp3) is 0.357. The molecule has 4 rings (SSSR count). The van der Waals surface area contributed by atoms with Crippen LogP contribution in [-0.4, -0.2) is 18.4 Å². The first-order valence-corrected chi connectivity index (χ1v) is 11.6. The summed E-state index contributed by atoms with van der Waals surface area (Å²) in [4.78, 5) is 26.6. The van der Waals surface area contributed by atoms with Crippen LogP contribution >= 0.6 is 0 Å². The van der Waals surface area contributed by atoms with Crippen LogP contribution in [0.1, 0.15) is 68.6 Å². The standard InChI is InChI=1S/C28H31NO3/c1-4-15-32-28(31)25-18(3)29-23-16-22(20-9-7-6-8-10-20)17-24(30)27(23)26(25)21-13-11-19(5-2)12-14-21/h6-14,22,26,29H,4-5,15-17H2,1-3H3/t22-,26+/m0/s1. The number of allylic oxidation sites excluding steroid dienone is 3. The van der Waals surface area contributed by atoms with Crippen molar-refractivity contribution >= 4 is 11.8 Å². The zero-order chi connectivity index (χ0) is 22.7. The number of nitrogens with one attached hydrogen (secondary N) is 1. The van der Waals surface area contributed by atoms with E-state index >= 15 is 0 Å². The Kier molecular flexibility index (Phi) is 6.59. The van der Waals surface area contributed by atoms with E-state index in [9.17, 15) is 9.59 Å². The Balaban J connectivity index is 1.77. The van der Waals surface area contributed by atoms with Crippen molar-refractivity contribution < 1.29 is 14.3 Å². The zero-order valence-corrected chi connectivity index (χ0v) is 19.1. The number of benzene rings is 2. The third kappa shape index (κ3) is 4.27. The fourth-order valence-corrected chi connectivity index (χ4v) is 4.82. The predicted octanol–water partition coefficient (Wildman–Crippen LogP) is 5.56. The van der Waals surface area contributed by atoms with Gasteiger partial charge in [-0.2, -0.15) is 0 Å². The first-order chi connectivity index (χ1) is 15.5. The summed E-state index contributed by atoms with van der Waals surface area (Å²) in [6.07, 6.45) is 2.90. The molecule has 1 heterocycles. The molecular formula is C28H31NO3. The maximum Gasteiger partial charge on any atom is 0.336 e. The third-order valence-electron chi connectivity index (χ3n) is 6.48. The highest BCUT2D eigenvalue weighted by Gasteiger charge is 2.41. The first kappa shape index (κ1) is 22.1. The number of aryl methyl sites for hydroxylation is 1. The number of esters is 1. The summed E-state index contributed by atoms with van der Waals surface area (Å²) >= 11 is 0. The number of carbonyl (C=O) groups excluding carboxylic acids is 2. The molecule has 0 saturated heterocycles. The SMILES string of the molecule is CCCOC(=O)C1=C(C)NC2=C(C(=O)C[C@@H](c3ccccc3)C2)[C@@H]1c1ccc(CC)cc1. The molecule has 0 saturated carbocycles. The summed E-state index contributed by atoms with van der Waals surface area (Å²) in [5.41, 5.74) is 6.34. The summed E-state index contributed by atoms with van der Waals surface area (Å²) in [6.45, 7) is 6.37. The second kappa shape index (κ2) is 9.56. The van der Waals surface area contributed by atoms with Gasteiger partial charge in [-0.1, -0.05) is 68.4 Å². The van der Waals surface area contributed by atoms with Crippen LogP contribution in [0.15, 0.2) is 77.1 Å². The lowest BCUT2D eigenvalue weighted by Gasteiger charge is -2.36. The van der Waals surface area contributed by atoms with Crippen LogP contribution in [-0.2, 0) is 20.7 Å². The van der Waals surface area contributed by atoms with Crippen molar-refractivity contribution in [2.75, 3.05) is 6.61 Å². The van der Waals surface area contributed by atoms with Crippen molar-refractivity contribution in [3.8, 4) is 0 Å². The van der Waals surface area contributed by atoms with E-state index in [0.29, 0.717) is 18.6 Å². The number of hydrogen-bond donors (Lipinski definition) is 1. The molecule has 0 fully saturated rings. The average Bonchev–Trinajstić information content (AvgIpc) is 2.82. The molecule has 166 valence electrons. The summed E-state index contributed by atoms with van der Waals surface area (Å²) in [5.74, 6) is -0.499. The van der Waals surface area contributed by atoms with Gasteiger partial charge in [0, 0.05) is 29.3 Å². The van der Waals surface area contributed by atoms with Crippen LogP contribution in [0, 0.1) is 0 Å². The minimum Gasteiger partial charge on any atom is -0.462 e. The number of rotatable bonds is 6. The Morgan fingerprint density at radius 3 is 2.38 bits per heavy atom. The Hall–Kier alpha value is -3.14. The van der Waals surface area contributed by atoms with E-state index < -0.39 is 5.92 Å².